The highest BCUT2D eigenvalue weighted by Gasteiger charge is 2.25. The predicted octanol–water partition coefficient (Wildman–Crippen LogP) is 3.85. The third-order valence-corrected chi connectivity index (χ3v) is 4.62. The van der Waals surface area contributed by atoms with E-state index in [0.29, 0.717) is 11.3 Å². The SMILES string of the molecule is Cc1occc1C(=O)N[C@H]1CCCc2nc(-c3ccccc3)ncc21. The highest BCUT2D eigenvalue weighted by Crippen LogP contribution is 2.30. The molecule has 126 valence electrons. The molecule has 3 aromatic rings. The van der Waals surface area contributed by atoms with Crippen LogP contribution >= 0.6 is 0 Å². The molecular weight excluding hydrogens is 314 g/mol. The van der Waals surface area contributed by atoms with Crippen molar-refractivity contribution < 1.29 is 9.21 Å². The Kier molecular flexibility index (Phi) is 4.06. The van der Waals surface area contributed by atoms with Gasteiger partial charge in [-0.25, -0.2) is 9.97 Å². The predicted molar refractivity (Wildman–Crippen MR) is 94.1 cm³/mol. The zero-order valence-electron chi connectivity index (χ0n) is 14.0. The molecule has 2 heterocycles. The Morgan fingerprint density at radius 1 is 1.24 bits per heavy atom. The standard InChI is InChI=1S/C20H19N3O2/c1-13-15(10-11-25-13)20(24)23-18-9-5-8-17-16(18)12-21-19(22-17)14-6-3-2-4-7-14/h2-4,6-7,10-12,18H,5,8-9H2,1H3,(H,23,24)/t18-/m0/s1. The van der Waals surface area contributed by atoms with Gasteiger partial charge in [0.25, 0.3) is 5.91 Å². The lowest BCUT2D eigenvalue weighted by Gasteiger charge is -2.25. The highest BCUT2D eigenvalue weighted by molar-refractivity contribution is 5.95. The van der Waals surface area contributed by atoms with E-state index in [0.717, 1.165) is 41.9 Å². The Bertz CT molecular complexity index is 902. The Balaban J connectivity index is 1.60. The van der Waals surface area contributed by atoms with Crippen LogP contribution in [0.5, 0.6) is 0 Å². The number of aromatic nitrogens is 2. The van der Waals surface area contributed by atoms with Crippen LogP contribution in [0.15, 0.2) is 53.3 Å². The van der Waals surface area contributed by atoms with Gasteiger partial charge in [-0.15, -0.1) is 0 Å². The molecule has 0 unspecified atom stereocenters. The van der Waals surface area contributed by atoms with Gasteiger partial charge in [-0.3, -0.25) is 4.79 Å². The van der Waals surface area contributed by atoms with E-state index in [4.69, 9.17) is 9.40 Å². The first-order valence-electron chi connectivity index (χ1n) is 8.48. The van der Waals surface area contributed by atoms with Crippen molar-refractivity contribution >= 4 is 5.91 Å². The van der Waals surface area contributed by atoms with Crippen LogP contribution in [0.2, 0.25) is 0 Å². The van der Waals surface area contributed by atoms with Gasteiger partial charge >= 0.3 is 0 Å². The van der Waals surface area contributed by atoms with Crippen molar-refractivity contribution in [3.05, 3.63) is 71.4 Å². The number of aryl methyl sites for hydroxylation is 2. The van der Waals surface area contributed by atoms with Gasteiger partial charge in [-0.2, -0.15) is 0 Å². The number of nitrogens with zero attached hydrogens (tertiary/aromatic N) is 2. The number of nitrogens with one attached hydrogen (secondary N) is 1. The second-order valence-corrected chi connectivity index (χ2v) is 6.27. The van der Waals surface area contributed by atoms with Crippen molar-refractivity contribution in [2.75, 3.05) is 0 Å². The fraction of sp³-hybridized carbons (Fsp3) is 0.250. The minimum atomic E-state index is -0.115. The van der Waals surface area contributed by atoms with E-state index < -0.39 is 0 Å². The summed E-state index contributed by atoms with van der Waals surface area (Å²) in [5.74, 6) is 1.25. The first kappa shape index (κ1) is 15.6. The van der Waals surface area contributed by atoms with Crippen LogP contribution in [-0.4, -0.2) is 15.9 Å². The third-order valence-electron chi connectivity index (χ3n) is 4.62. The molecule has 1 atom stereocenters. The Labute approximate surface area is 146 Å². The molecule has 1 aliphatic carbocycles. The number of hydrogen-bond acceptors (Lipinski definition) is 4. The summed E-state index contributed by atoms with van der Waals surface area (Å²) in [4.78, 5) is 21.7. The molecule has 5 heteroatoms. The van der Waals surface area contributed by atoms with Crippen molar-refractivity contribution in [1.29, 1.82) is 0 Å². The molecule has 1 amide bonds. The Morgan fingerprint density at radius 2 is 2.08 bits per heavy atom. The molecule has 25 heavy (non-hydrogen) atoms. The molecule has 1 N–H and O–H groups in total. The topological polar surface area (TPSA) is 68.0 Å². The van der Waals surface area contributed by atoms with E-state index in [1.54, 1.807) is 13.0 Å². The molecule has 1 aromatic carbocycles. The average Bonchev–Trinajstić information content (AvgIpc) is 3.08. The molecular formula is C20H19N3O2. The number of furan rings is 1. The van der Waals surface area contributed by atoms with Crippen molar-refractivity contribution in [1.82, 2.24) is 15.3 Å². The number of fused-ring (bicyclic) bond motifs is 1. The Hall–Kier alpha value is -2.95. The molecule has 2 aromatic heterocycles. The van der Waals surface area contributed by atoms with Crippen molar-refractivity contribution in [2.45, 2.75) is 32.2 Å². The Morgan fingerprint density at radius 3 is 2.84 bits per heavy atom. The molecule has 4 rings (SSSR count). The van der Waals surface area contributed by atoms with Crippen LogP contribution in [0, 0.1) is 6.92 Å². The van der Waals surface area contributed by atoms with Gasteiger partial charge in [0, 0.05) is 23.0 Å². The third kappa shape index (κ3) is 3.05. The van der Waals surface area contributed by atoms with E-state index in [2.05, 4.69) is 10.3 Å². The van der Waals surface area contributed by atoms with Gasteiger partial charge in [-0.05, 0) is 32.3 Å². The van der Waals surface area contributed by atoms with Gasteiger partial charge in [0.05, 0.1) is 17.9 Å². The monoisotopic (exact) mass is 333 g/mol. The number of amides is 1. The molecule has 0 aliphatic heterocycles. The first-order valence-corrected chi connectivity index (χ1v) is 8.48. The molecule has 1 aliphatic rings. The lowest BCUT2D eigenvalue weighted by atomic mass is 9.92. The molecule has 0 saturated carbocycles. The first-order chi connectivity index (χ1) is 12.2. The summed E-state index contributed by atoms with van der Waals surface area (Å²) in [6, 6.07) is 11.6. The van der Waals surface area contributed by atoms with Gasteiger partial charge < -0.3 is 9.73 Å². The maximum atomic E-state index is 12.5. The van der Waals surface area contributed by atoms with Crippen molar-refractivity contribution in [3.63, 3.8) is 0 Å². The summed E-state index contributed by atoms with van der Waals surface area (Å²) in [5.41, 5.74) is 3.62. The minimum Gasteiger partial charge on any atom is -0.469 e. The fourth-order valence-corrected chi connectivity index (χ4v) is 3.28. The number of rotatable bonds is 3. The largest absolute Gasteiger partial charge is 0.469 e. The van der Waals surface area contributed by atoms with Gasteiger partial charge in [-0.1, -0.05) is 30.3 Å². The van der Waals surface area contributed by atoms with E-state index in [1.807, 2.05) is 36.5 Å². The molecule has 0 fully saturated rings. The quantitative estimate of drug-likeness (QED) is 0.790. The second kappa shape index (κ2) is 6.51. The maximum absolute atomic E-state index is 12.5. The van der Waals surface area contributed by atoms with Crippen LogP contribution in [0.3, 0.4) is 0 Å². The smallest absolute Gasteiger partial charge is 0.255 e. The van der Waals surface area contributed by atoms with Crippen LogP contribution in [-0.2, 0) is 6.42 Å². The molecule has 0 spiro atoms. The van der Waals surface area contributed by atoms with E-state index in [1.165, 1.54) is 6.26 Å². The summed E-state index contributed by atoms with van der Waals surface area (Å²) < 4.78 is 5.22. The van der Waals surface area contributed by atoms with E-state index in [-0.39, 0.29) is 11.9 Å². The lowest BCUT2D eigenvalue weighted by Crippen LogP contribution is -2.31. The maximum Gasteiger partial charge on any atom is 0.255 e. The molecule has 0 radical (unpaired) electrons. The second-order valence-electron chi connectivity index (χ2n) is 6.27. The lowest BCUT2D eigenvalue weighted by molar-refractivity contribution is 0.0931. The number of carbonyl (C=O) groups is 1. The summed E-state index contributed by atoms with van der Waals surface area (Å²) in [6.07, 6.45) is 6.19. The highest BCUT2D eigenvalue weighted by atomic mass is 16.3. The van der Waals surface area contributed by atoms with Gasteiger partial charge in [0.1, 0.15) is 5.76 Å². The van der Waals surface area contributed by atoms with Crippen LogP contribution in [0.1, 0.15) is 46.3 Å². The van der Waals surface area contributed by atoms with Gasteiger partial charge in [0.15, 0.2) is 5.82 Å². The molecule has 0 bridgehead atoms. The van der Waals surface area contributed by atoms with Gasteiger partial charge in [0.2, 0.25) is 0 Å². The van der Waals surface area contributed by atoms with Crippen LogP contribution < -0.4 is 5.32 Å². The van der Waals surface area contributed by atoms with Crippen molar-refractivity contribution in [3.8, 4) is 11.4 Å². The number of hydrogen-bond donors (Lipinski definition) is 1. The zero-order valence-corrected chi connectivity index (χ0v) is 14.0. The normalized spacial score (nSPS) is 16.3. The molecule has 5 nitrogen and oxygen atoms in total. The van der Waals surface area contributed by atoms with Crippen LogP contribution in [0.4, 0.5) is 0 Å². The fourth-order valence-electron chi connectivity index (χ4n) is 3.28. The number of benzene rings is 1. The average molecular weight is 333 g/mol. The summed E-state index contributed by atoms with van der Waals surface area (Å²) >= 11 is 0. The van der Waals surface area contributed by atoms with Crippen molar-refractivity contribution in [2.24, 2.45) is 0 Å². The zero-order chi connectivity index (χ0) is 17.2. The summed E-state index contributed by atoms with van der Waals surface area (Å²) in [6.45, 7) is 1.79. The van der Waals surface area contributed by atoms with Crippen LogP contribution in [0.25, 0.3) is 11.4 Å². The van der Waals surface area contributed by atoms with E-state index >= 15 is 0 Å². The summed E-state index contributed by atoms with van der Waals surface area (Å²) in [5, 5.41) is 3.10. The van der Waals surface area contributed by atoms with E-state index in [9.17, 15) is 4.79 Å². The number of carbonyl (C=O) groups excluding carboxylic acids is 1. The minimum absolute atomic E-state index is 0.0598. The summed E-state index contributed by atoms with van der Waals surface area (Å²) in [7, 11) is 0. The molecule has 0 saturated heterocycles.